The summed E-state index contributed by atoms with van der Waals surface area (Å²) < 4.78 is 0. The standard InChI is InChI=1S/C15H23N/c1-10(2)12-6-7-13-11(3)5-8-15(16-4)14(13)9-12/h6-7,9-11,15-16H,5,8H2,1-4H3. The molecule has 2 unspecified atom stereocenters. The van der Waals surface area contributed by atoms with E-state index in [2.05, 4.69) is 51.3 Å². The SMILES string of the molecule is CNC1CCC(C)c2ccc(C(C)C)cc21. The summed E-state index contributed by atoms with van der Waals surface area (Å²) in [6.07, 6.45) is 2.58. The highest BCUT2D eigenvalue weighted by atomic mass is 14.9. The lowest BCUT2D eigenvalue weighted by Gasteiger charge is -2.30. The van der Waals surface area contributed by atoms with Crippen LogP contribution in [0.2, 0.25) is 0 Å². The van der Waals surface area contributed by atoms with E-state index in [1.54, 1.807) is 5.56 Å². The molecular formula is C15H23N. The quantitative estimate of drug-likeness (QED) is 0.790. The summed E-state index contributed by atoms with van der Waals surface area (Å²) in [6.45, 7) is 6.88. The summed E-state index contributed by atoms with van der Waals surface area (Å²) in [6, 6.07) is 7.62. The third kappa shape index (κ3) is 2.01. The van der Waals surface area contributed by atoms with Gasteiger partial charge in [-0.05, 0) is 48.4 Å². The Hall–Kier alpha value is -0.820. The number of nitrogens with one attached hydrogen (secondary N) is 1. The molecule has 0 aromatic heterocycles. The van der Waals surface area contributed by atoms with E-state index >= 15 is 0 Å². The van der Waals surface area contributed by atoms with Gasteiger partial charge in [-0.3, -0.25) is 0 Å². The van der Waals surface area contributed by atoms with Crippen molar-refractivity contribution in [1.29, 1.82) is 0 Å². The van der Waals surface area contributed by atoms with Crippen molar-refractivity contribution < 1.29 is 0 Å². The van der Waals surface area contributed by atoms with E-state index in [9.17, 15) is 0 Å². The molecule has 0 saturated heterocycles. The van der Waals surface area contributed by atoms with Gasteiger partial charge in [0.25, 0.3) is 0 Å². The van der Waals surface area contributed by atoms with Gasteiger partial charge in [0.1, 0.15) is 0 Å². The highest BCUT2D eigenvalue weighted by molar-refractivity contribution is 5.39. The molecule has 1 heteroatoms. The molecule has 0 heterocycles. The predicted octanol–water partition coefficient (Wildman–Crippen LogP) is 3.97. The molecule has 0 fully saturated rings. The summed E-state index contributed by atoms with van der Waals surface area (Å²) in [5, 5.41) is 3.45. The van der Waals surface area contributed by atoms with Crippen LogP contribution in [0.4, 0.5) is 0 Å². The van der Waals surface area contributed by atoms with Gasteiger partial charge in [0.2, 0.25) is 0 Å². The molecule has 88 valence electrons. The summed E-state index contributed by atoms with van der Waals surface area (Å²) >= 11 is 0. The van der Waals surface area contributed by atoms with Crippen LogP contribution < -0.4 is 5.32 Å². The molecule has 0 spiro atoms. The lowest BCUT2D eigenvalue weighted by Crippen LogP contribution is -2.23. The van der Waals surface area contributed by atoms with Crippen molar-refractivity contribution in [3.05, 3.63) is 34.9 Å². The second kappa shape index (κ2) is 4.58. The van der Waals surface area contributed by atoms with E-state index in [1.807, 2.05) is 0 Å². The van der Waals surface area contributed by atoms with Crippen molar-refractivity contribution in [2.24, 2.45) is 0 Å². The monoisotopic (exact) mass is 217 g/mol. The molecule has 1 aliphatic rings. The Bertz CT molecular complexity index is 368. The zero-order valence-electron chi connectivity index (χ0n) is 10.9. The summed E-state index contributed by atoms with van der Waals surface area (Å²) in [5.74, 6) is 1.35. The molecule has 2 rings (SSSR count). The molecule has 0 bridgehead atoms. The Morgan fingerprint density at radius 2 is 1.94 bits per heavy atom. The maximum Gasteiger partial charge on any atom is 0.0320 e. The van der Waals surface area contributed by atoms with Gasteiger partial charge in [0, 0.05) is 6.04 Å². The minimum Gasteiger partial charge on any atom is -0.313 e. The first-order valence-corrected chi connectivity index (χ1v) is 6.44. The molecule has 16 heavy (non-hydrogen) atoms. The largest absolute Gasteiger partial charge is 0.313 e. The van der Waals surface area contributed by atoms with Crippen molar-refractivity contribution in [3.63, 3.8) is 0 Å². The molecular weight excluding hydrogens is 194 g/mol. The Morgan fingerprint density at radius 3 is 2.56 bits per heavy atom. The summed E-state index contributed by atoms with van der Waals surface area (Å²) in [5.41, 5.74) is 4.55. The van der Waals surface area contributed by atoms with Gasteiger partial charge in [-0.1, -0.05) is 39.0 Å². The lowest BCUT2D eigenvalue weighted by atomic mass is 9.79. The normalized spacial score (nSPS) is 24.6. The molecule has 0 aliphatic heterocycles. The van der Waals surface area contributed by atoms with Crippen molar-refractivity contribution >= 4 is 0 Å². The molecule has 2 atom stereocenters. The Morgan fingerprint density at radius 1 is 1.19 bits per heavy atom. The second-order valence-corrected chi connectivity index (χ2v) is 5.36. The van der Waals surface area contributed by atoms with Gasteiger partial charge in [0.15, 0.2) is 0 Å². The van der Waals surface area contributed by atoms with Gasteiger partial charge in [-0.2, -0.15) is 0 Å². The molecule has 1 aromatic carbocycles. The summed E-state index contributed by atoms with van der Waals surface area (Å²) in [4.78, 5) is 0. The van der Waals surface area contributed by atoms with Gasteiger partial charge in [0.05, 0.1) is 0 Å². The highest BCUT2D eigenvalue weighted by Crippen LogP contribution is 2.38. The first-order valence-electron chi connectivity index (χ1n) is 6.44. The molecule has 1 N–H and O–H groups in total. The highest BCUT2D eigenvalue weighted by Gasteiger charge is 2.23. The number of hydrogen-bond acceptors (Lipinski definition) is 1. The van der Waals surface area contributed by atoms with Crippen molar-refractivity contribution in [2.45, 2.75) is 51.5 Å². The average molecular weight is 217 g/mol. The van der Waals surface area contributed by atoms with E-state index in [-0.39, 0.29) is 0 Å². The van der Waals surface area contributed by atoms with E-state index in [0.29, 0.717) is 12.0 Å². The molecule has 0 radical (unpaired) electrons. The maximum absolute atomic E-state index is 3.45. The minimum absolute atomic E-state index is 0.560. The maximum atomic E-state index is 3.45. The Kier molecular flexibility index (Phi) is 3.34. The Balaban J connectivity index is 2.44. The van der Waals surface area contributed by atoms with E-state index in [4.69, 9.17) is 0 Å². The fourth-order valence-electron chi connectivity index (χ4n) is 2.73. The molecule has 1 nitrogen and oxygen atoms in total. The minimum atomic E-state index is 0.560. The Labute approximate surface area is 99.3 Å². The third-order valence-electron chi connectivity index (χ3n) is 3.92. The number of hydrogen-bond donors (Lipinski definition) is 1. The smallest absolute Gasteiger partial charge is 0.0320 e. The number of benzene rings is 1. The van der Waals surface area contributed by atoms with Gasteiger partial charge >= 0.3 is 0 Å². The van der Waals surface area contributed by atoms with Crippen molar-refractivity contribution in [2.75, 3.05) is 7.05 Å². The number of rotatable bonds is 2. The third-order valence-corrected chi connectivity index (χ3v) is 3.92. The first kappa shape index (κ1) is 11.7. The molecule has 1 aromatic rings. The lowest BCUT2D eigenvalue weighted by molar-refractivity contribution is 0.459. The van der Waals surface area contributed by atoms with Crippen LogP contribution in [-0.4, -0.2) is 7.05 Å². The van der Waals surface area contributed by atoms with Gasteiger partial charge in [-0.25, -0.2) is 0 Å². The van der Waals surface area contributed by atoms with Crippen LogP contribution in [-0.2, 0) is 0 Å². The van der Waals surface area contributed by atoms with E-state index in [1.165, 1.54) is 24.0 Å². The first-order chi connectivity index (χ1) is 7.63. The number of fused-ring (bicyclic) bond motifs is 1. The van der Waals surface area contributed by atoms with Crippen LogP contribution in [0.1, 0.15) is 68.2 Å². The predicted molar refractivity (Wildman–Crippen MR) is 70.0 cm³/mol. The fraction of sp³-hybridized carbons (Fsp3) is 0.600. The van der Waals surface area contributed by atoms with E-state index in [0.717, 1.165) is 5.92 Å². The molecule has 1 aliphatic carbocycles. The summed E-state index contributed by atoms with van der Waals surface area (Å²) in [7, 11) is 2.08. The zero-order valence-corrected chi connectivity index (χ0v) is 10.9. The van der Waals surface area contributed by atoms with Crippen molar-refractivity contribution in [1.82, 2.24) is 5.32 Å². The fourth-order valence-corrected chi connectivity index (χ4v) is 2.73. The zero-order chi connectivity index (χ0) is 11.7. The topological polar surface area (TPSA) is 12.0 Å². The molecule has 0 saturated carbocycles. The van der Waals surface area contributed by atoms with Crippen LogP contribution in [0.25, 0.3) is 0 Å². The van der Waals surface area contributed by atoms with Crippen LogP contribution >= 0.6 is 0 Å². The van der Waals surface area contributed by atoms with Crippen LogP contribution in [0.3, 0.4) is 0 Å². The van der Waals surface area contributed by atoms with Crippen LogP contribution in [0.5, 0.6) is 0 Å². The van der Waals surface area contributed by atoms with Gasteiger partial charge < -0.3 is 5.32 Å². The van der Waals surface area contributed by atoms with Crippen LogP contribution in [0, 0.1) is 0 Å². The van der Waals surface area contributed by atoms with Crippen molar-refractivity contribution in [3.8, 4) is 0 Å². The van der Waals surface area contributed by atoms with Gasteiger partial charge in [-0.15, -0.1) is 0 Å². The van der Waals surface area contributed by atoms with E-state index < -0.39 is 0 Å². The van der Waals surface area contributed by atoms with Crippen LogP contribution in [0.15, 0.2) is 18.2 Å². The average Bonchev–Trinajstić information content (AvgIpc) is 2.29. The second-order valence-electron chi connectivity index (χ2n) is 5.36. The molecule has 0 amide bonds.